The monoisotopic (exact) mass is 791 g/mol. The van der Waals surface area contributed by atoms with Gasteiger partial charge < -0.3 is 15.0 Å². The third kappa shape index (κ3) is 7.79. The highest BCUT2D eigenvalue weighted by Gasteiger charge is 2.54. The highest BCUT2D eigenvalue weighted by atomic mass is 32.2. The third-order valence-corrected chi connectivity index (χ3v) is 13.9. The number of carbonyl (C=O) groups excluding carboxylic acids is 3. The lowest BCUT2D eigenvalue weighted by atomic mass is 10.0. The number of allylic oxidation sites excluding steroid dienone is 1. The van der Waals surface area contributed by atoms with Gasteiger partial charge in [-0.3, -0.25) is 19.3 Å². The van der Waals surface area contributed by atoms with Crippen molar-refractivity contribution in [3.8, 4) is 0 Å². The molecule has 1 N–H and O–H groups in total. The van der Waals surface area contributed by atoms with Crippen LogP contribution in [-0.4, -0.2) is 52.9 Å². The van der Waals surface area contributed by atoms with Crippen molar-refractivity contribution in [2.45, 2.75) is 47.4 Å². The number of nitrogens with zero attached hydrogens (tertiary/aromatic N) is 2. The van der Waals surface area contributed by atoms with E-state index < -0.39 is 23.5 Å². The second-order valence-electron chi connectivity index (χ2n) is 13.3. The normalized spacial score (nSPS) is 18.6. The van der Waals surface area contributed by atoms with E-state index in [9.17, 15) is 19.2 Å². The van der Waals surface area contributed by atoms with Crippen LogP contribution in [0.25, 0.3) is 10.1 Å². The molecule has 2 saturated heterocycles. The van der Waals surface area contributed by atoms with Crippen LogP contribution in [0.15, 0.2) is 134 Å². The number of hydrogen-bond acceptors (Lipinski definition) is 10. The van der Waals surface area contributed by atoms with E-state index >= 15 is 0 Å². The minimum Gasteiger partial charge on any atom is -0.448 e. The summed E-state index contributed by atoms with van der Waals surface area (Å²) in [6.45, 7) is 2.05. The van der Waals surface area contributed by atoms with Crippen molar-refractivity contribution in [3.05, 3.63) is 151 Å². The van der Waals surface area contributed by atoms with Gasteiger partial charge in [0.15, 0.2) is 11.5 Å². The van der Waals surface area contributed by atoms with E-state index in [0.717, 1.165) is 43.7 Å². The van der Waals surface area contributed by atoms with Gasteiger partial charge in [-0.2, -0.15) is 0 Å². The predicted molar refractivity (Wildman–Crippen MR) is 220 cm³/mol. The summed E-state index contributed by atoms with van der Waals surface area (Å²) in [5.74, 6) is -0.802. The Morgan fingerprint density at radius 2 is 1.65 bits per heavy atom. The molecule has 2 fully saturated rings. The molecule has 5 aromatic rings. The maximum Gasteiger partial charge on any atom is 0.356 e. The number of benzene rings is 3. The van der Waals surface area contributed by atoms with Gasteiger partial charge in [-0.05, 0) is 77.1 Å². The van der Waals surface area contributed by atoms with E-state index in [0.29, 0.717) is 16.7 Å². The van der Waals surface area contributed by atoms with Crippen LogP contribution in [0.2, 0.25) is 0 Å². The molecule has 0 bridgehead atoms. The summed E-state index contributed by atoms with van der Waals surface area (Å²) in [5.41, 5.74) is 3.51. The van der Waals surface area contributed by atoms with Crippen molar-refractivity contribution in [3.63, 3.8) is 0 Å². The second kappa shape index (κ2) is 16.4. The van der Waals surface area contributed by atoms with Gasteiger partial charge in [0.2, 0.25) is 5.91 Å². The summed E-state index contributed by atoms with van der Waals surface area (Å²) in [5, 5.41) is 6.94. The number of thiophene rings is 1. The molecule has 2 amide bonds. The average Bonchev–Trinajstić information content (AvgIpc) is 3.72. The number of rotatable bonds is 11. The van der Waals surface area contributed by atoms with Crippen molar-refractivity contribution in [2.24, 2.45) is 0 Å². The van der Waals surface area contributed by atoms with Crippen LogP contribution >= 0.6 is 46.2 Å². The Labute approximate surface area is 329 Å². The first-order valence-corrected chi connectivity index (χ1v) is 21.5. The van der Waals surface area contributed by atoms with E-state index in [1.54, 1.807) is 17.4 Å². The van der Waals surface area contributed by atoms with Gasteiger partial charge in [-0.1, -0.05) is 78.5 Å². The van der Waals surface area contributed by atoms with Gasteiger partial charge in [0.1, 0.15) is 17.1 Å². The highest BCUT2D eigenvalue weighted by Crippen LogP contribution is 2.42. The standard InChI is InChI=1S/C42H37N3O5S4/c46-33-25-36(54-34-23-30(16-17-32(33)34)44-19-8-3-9-20-44)52-22-18-29-26-53-41-37(43-35(47)24-31-15-10-21-51-31)40(48)45(41)38(29)42(49)50-39(27-11-4-1-5-12-27)28-13-6-2-7-14-28/h1-2,4-7,10-18,21-23,25,37,39,41H,3,8-9,19-20,24,26H2,(H,43,47)/t37?,41-/m1/s1. The van der Waals surface area contributed by atoms with E-state index in [-0.39, 0.29) is 29.4 Å². The summed E-state index contributed by atoms with van der Waals surface area (Å²) in [7, 11) is 0. The van der Waals surface area contributed by atoms with Gasteiger partial charge in [-0.15, -0.1) is 34.4 Å². The molecule has 8 nitrogen and oxygen atoms in total. The first-order valence-electron chi connectivity index (χ1n) is 17.9. The molecule has 0 saturated carbocycles. The Morgan fingerprint density at radius 1 is 0.907 bits per heavy atom. The summed E-state index contributed by atoms with van der Waals surface area (Å²) in [6.07, 6.45) is 4.91. The number of ether oxygens (including phenoxy) is 1. The highest BCUT2D eigenvalue weighted by molar-refractivity contribution is 8.04. The van der Waals surface area contributed by atoms with E-state index in [1.165, 1.54) is 59.0 Å². The van der Waals surface area contributed by atoms with Gasteiger partial charge in [0.05, 0.1) is 10.6 Å². The minimum atomic E-state index is -0.756. The van der Waals surface area contributed by atoms with Gasteiger partial charge >= 0.3 is 5.97 Å². The van der Waals surface area contributed by atoms with Crippen LogP contribution in [0.4, 0.5) is 5.69 Å². The first-order chi connectivity index (χ1) is 26.4. The predicted octanol–water partition coefficient (Wildman–Crippen LogP) is 8.15. The zero-order chi connectivity index (χ0) is 37.0. The number of nitrogens with one attached hydrogen (secondary N) is 1. The number of fused-ring (bicyclic) bond motifs is 2. The molecule has 0 aliphatic carbocycles. The Balaban J connectivity index is 1.08. The minimum absolute atomic E-state index is 0.0319. The van der Waals surface area contributed by atoms with Crippen molar-refractivity contribution >= 4 is 79.8 Å². The van der Waals surface area contributed by atoms with Crippen LogP contribution in [-0.2, 0) is 25.5 Å². The number of β-lactam (4-membered cyclic amide) rings is 1. The largest absolute Gasteiger partial charge is 0.448 e. The number of thioether (sulfide) groups is 2. The smallest absolute Gasteiger partial charge is 0.356 e. The van der Waals surface area contributed by atoms with Crippen molar-refractivity contribution in [1.29, 1.82) is 0 Å². The molecule has 8 rings (SSSR count). The fraction of sp³-hybridized carbons (Fsp3) is 0.238. The average molecular weight is 792 g/mol. The number of amides is 2. The van der Waals surface area contributed by atoms with Crippen molar-refractivity contribution < 1.29 is 19.1 Å². The number of hydrogen-bond donors (Lipinski definition) is 1. The van der Waals surface area contributed by atoms with Crippen molar-refractivity contribution in [2.75, 3.05) is 23.7 Å². The van der Waals surface area contributed by atoms with E-state index in [1.807, 2.05) is 102 Å². The van der Waals surface area contributed by atoms with Gasteiger partial charge in [-0.25, -0.2) is 4.79 Å². The lowest BCUT2D eigenvalue weighted by Gasteiger charge is -2.49. The zero-order valence-electron chi connectivity index (χ0n) is 29.2. The second-order valence-corrected chi connectivity index (χ2v) is 17.7. The molecule has 54 heavy (non-hydrogen) atoms. The zero-order valence-corrected chi connectivity index (χ0v) is 32.5. The van der Waals surface area contributed by atoms with E-state index in [4.69, 9.17) is 4.74 Å². The molecular formula is C42H37N3O5S4. The lowest BCUT2D eigenvalue weighted by Crippen LogP contribution is -2.70. The fourth-order valence-corrected chi connectivity index (χ4v) is 11.0. The Bertz CT molecular complexity index is 2250. The first kappa shape index (κ1) is 36.4. The Morgan fingerprint density at radius 3 is 2.35 bits per heavy atom. The molecule has 12 heteroatoms. The number of carbonyl (C=O) groups is 3. The fourth-order valence-electron chi connectivity index (χ4n) is 7.01. The summed E-state index contributed by atoms with van der Waals surface area (Å²) < 4.78 is 8.06. The van der Waals surface area contributed by atoms with E-state index in [2.05, 4.69) is 16.3 Å². The topological polar surface area (TPSA) is 96.0 Å². The summed E-state index contributed by atoms with van der Waals surface area (Å²) in [4.78, 5) is 59.0. The molecule has 2 aromatic heterocycles. The lowest BCUT2D eigenvalue weighted by molar-refractivity contribution is -0.154. The summed E-state index contributed by atoms with van der Waals surface area (Å²) in [6, 6.07) is 29.8. The molecule has 0 radical (unpaired) electrons. The molecular weight excluding hydrogens is 755 g/mol. The molecule has 3 aliphatic rings. The van der Waals surface area contributed by atoms with Gasteiger partial charge in [0.25, 0.3) is 5.91 Å². The van der Waals surface area contributed by atoms with Crippen LogP contribution in [0.5, 0.6) is 0 Å². The maximum absolute atomic E-state index is 14.4. The van der Waals surface area contributed by atoms with Crippen molar-refractivity contribution in [1.82, 2.24) is 10.2 Å². The Hall–Kier alpha value is -4.62. The van der Waals surface area contributed by atoms with Crippen LogP contribution in [0.3, 0.4) is 0 Å². The van der Waals surface area contributed by atoms with Gasteiger partial charge in [0, 0.05) is 45.6 Å². The molecule has 3 aromatic carbocycles. The third-order valence-electron chi connectivity index (χ3n) is 9.72. The van der Waals surface area contributed by atoms with Crippen LogP contribution in [0.1, 0.15) is 41.4 Å². The Kier molecular flexibility index (Phi) is 11.0. The molecule has 0 spiro atoms. The van der Waals surface area contributed by atoms with Crippen LogP contribution < -0.4 is 15.6 Å². The summed E-state index contributed by atoms with van der Waals surface area (Å²) >= 11 is 5.96. The SMILES string of the molecule is O=C(Cc1cccs1)NC1C(=O)N2C(C(=O)OC(c3ccccc3)c3ccccc3)=C(C=CSc3cc(=O)c4ccc(N5CCCCC5)cc4s3)CS[C@H]12. The maximum atomic E-state index is 14.4. The molecule has 2 atom stereocenters. The quantitative estimate of drug-likeness (QED) is 0.0815. The number of piperidine rings is 1. The van der Waals surface area contributed by atoms with Crippen LogP contribution in [0, 0.1) is 0 Å². The number of anilines is 1. The molecule has 274 valence electrons. The molecule has 1 unspecified atom stereocenters. The number of esters is 1. The molecule has 3 aliphatic heterocycles. The molecule has 5 heterocycles.